The molecule has 0 bridgehead atoms. The summed E-state index contributed by atoms with van der Waals surface area (Å²) < 4.78 is 5.03. The Labute approximate surface area is 73.8 Å². The van der Waals surface area contributed by atoms with Gasteiger partial charge in [0, 0.05) is 19.3 Å². The zero-order chi connectivity index (χ0) is 9.40. The fourth-order valence-corrected chi connectivity index (χ4v) is 0.747. The highest BCUT2D eigenvalue weighted by Crippen LogP contribution is 2.20. The lowest BCUT2D eigenvalue weighted by atomic mass is 10.4. The van der Waals surface area contributed by atoms with Gasteiger partial charge in [-0.05, 0) is 0 Å². The first-order valence-electron chi connectivity index (χ1n) is 4.04. The Kier molecular flexibility index (Phi) is 5.79. The standard InChI is InChI=1S/C7H10N2O.C2H6/c1-8-6-5-9-4-3-7(6)10-2;1-2/h3-5,8H,1-2H3;1-2H3. The van der Waals surface area contributed by atoms with E-state index >= 15 is 0 Å². The van der Waals surface area contributed by atoms with E-state index in [1.807, 2.05) is 27.0 Å². The second kappa shape index (κ2) is 6.46. The van der Waals surface area contributed by atoms with Crippen LogP contribution < -0.4 is 10.1 Å². The van der Waals surface area contributed by atoms with E-state index in [9.17, 15) is 0 Å². The molecular formula is C9H16N2O. The maximum atomic E-state index is 5.03. The highest BCUT2D eigenvalue weighted by molar-refractivity contribution is 5.53. The molecule has 1 aromatic rings. The van der Waals surface area contributed by atoms with Gasteiger partial charge in [0.2, 0.25) is 0 Å². The van der Waals surface area contributed by atoms with Crippen molar-refractivity contribution in [1.82, 2.24) is 4.98 Å². The zero-order valence-electron chi connectivity index (χ0n) is 8.09. The summed E-state index contributed by atoms with van der Waals surface area (Å²) in [7, 11) is 3.47. The molecule has 0 spiro atoms. The van der Waals surface area contributed by atoms with Crippen LogP contribution in [0.5, 0.6) is 5.75 Å². The van der Waals surface area contributed by atoms with Crippen LogP contribution in [0.4, 0.5) is 5.69 Å². The minimum atomic E-state index is 0.817. The van der Waals surface area contributed by atoms with Crippen LogP contribution in [0.25, 0.3) is 0 Å². The van der Waals surface area contributed by atoms with E-state index in [1.165, 1.54) is 0 Å². The normalized spacial score (nSPS) is 8.00. The molecule has 1 rings (SSSR count). The number of methoxy groups -OCH3 is 1. The number of aromatic nitrogens is 1. The van der Waals surface area contributed by atoms with Gasteiger partial charge in [-0.15, -0.1) is 0 Å². The van der Waals surface area contributed by atoms with Crippen molar-refractivity contribution < 1.29 is 4.74 Å². The van der Waals surface area contributed by atoms with E-state index in [0.717, 1.165) is 11.4 Å². The number of nitrogens with one attached hydrogen (secondary N) is 1. The number of hydrogen-bond donors (Lipinski definition) is 1. The molecule has 0 amide bonds. The summed E-state index contributed by atoms with van der Waals surface area (Å²) in [4.78, 5) is 3.92. The van der Waals surface area contributed by atoms with Crippen LogP contribution >= 0.6 is 0 Å². The fourth-order valence-electron chi connectivity index (χ4n) is 0.747. The number of rotatable bonds is 2. The smallest absolute Gasteiger partial charge is 0.145 e. The third kappa shape index (κ3) is 2.78. The summed E-state index contributed by atoms with van der Waals surface area (Å²) >= 11 is 0. The number of nitrogens with zero attached hydrogens (tertiary/aromatic N) is 1. The molecule has 68 valence electrons. The Hall–Kier alpha value is -1.25. The van der Waals surface area contributed by atoms with Crippen LogP contribution in [0, 0.1) is 0 Å². The highest BCUT2D eigenvalue weighted by atomic mass is 16.5. The second-order valence-electron chi connectivity index (χ2n) is 1.83. The third-order valence-corrected chi connectivity index (χ3v) is 1.27. The summed E-state index contributed by atoms with van der Waals surface area (Å²) in [5.74, 6) is 0.817. The Morgan fingerprint density at radius 1 is 1.42 bits per heavy atom. The summed E-state index contributed by atoms with van der Waals surface area (Å²) in [5, 5.41) is 2.96. The van der Waals surface area contributed by atoms with Crippen LogP contribution in [0.1, 0.15) is 13.8 Å². The van der Waals surface area contributed by atoms with E-state index in [4.69, 9.17) is 4.74 Å². The molecule has 0 aromatic carbocycles. The SMILES string of the molecule is CC.CNc1cnccc1OC. The lowest BCUT2D eigenvalue weighted by molar-refractivity contribution is 0.416. The number of anilines is 1. The van der Waals surface area contributed by atoms with Gasteiger partial charge in [0.15, 0.2) is 0 Å². The van der Waals surface area contributed by atoms with Crippen molar-refractivity contribution in [2.75, 3.05) is 19.5 Å². The van der Waals surface area contributed by atoms with Crippen LogP contribution in [-0.2, 0) is 0 Å². The molecule has 0 aliphatic carbocycles. The van der Waals surface area contributed by atoms with Gasteiger partial charge >= 0.3 is 0 Å². The minimum absolute atomic E-state index is 0.817. The average molecular weight is 168 g/mol. The predicted molar refractivity (Wildman–Crippen MR) is 51.7 cm³/mol. The summed E-state index contributed by atoms with van der Waals surface area (Å²) in [6.45, 7) is 4.00. The summed E-state index contributed by atoms with van der Waals surface area (Å²) in [6, 6.07) is 1.81. The van der Waals surface area contributed by atoms with Gasteiger partial charge in [0.1, 0.15) is 5.75 Å². The van der Waals surface area contributed by atoms with Crippen molar-refractivity contribution in [3.63, 3.8) is 0 Å². The monoisotopic (exact) mass is 168 g/mol. The Morgan fingerprint density at radius 2 is 2.08 bits per heavy atom. The third-order valence-electron chi connectivity index (χ3n) is 1.27. The quantitative estimate of drug-likeness (QED) is 0.734. The van der Waals surface area contributed by atoms with Gasteiger partial charge in [-0.3, -0.25) is 4.98 Å². The average Bonchev–Trinajstić information content (AvgIpc) is 2.20. The molecule has 3 nitrogen and oxygen atoms in total. The highest BCUT2D eigenvalue weighted by Gasteiger charge is 1.96. The maximum absolute atomic E-state index is 5.03. The second-order valence-corrected chi connectivity index (χ2v) is 1.83. The van der Waals surface area contributed by atoms with E-state index < -0.39 is 0 Å². The molecule has 3 heteroatoms. The van der Waals surface area contributed by atoms with Gasteiger partial charge < -0.3 is 10.1 Å². The van der Waals surface area contributed by atoms with Gasteiger partial charge in [0.25, 0.3) is 0 Å². The summed E-state index contributed by atoms with van der Waals surface area (Å²) in [6.07, 6.45) is 3.42. The van der Waals surface area contributed by atoms with E-state index in [1.54, 1.807) is 19.5 Å². The molecule has 0 saturated carbocycles. The fraction of sp³-hybridized carbons (Fsp3) is 0.444. The van der Waals surface area contributed by atoms with Crippen molar-refractivity contribution in [3.8, 4) is 5.75 Å². The first-order valence-corrected chi connectivity index (χ1v) is 4.04. The largest absolute Gasteiger partial charge is 0.494 e. The van der Waals surface area contributed by atoms with Crippen LogP contribution in [0.15, 0.2) is 18.5 Å². The molecule has 1 N–H and O–H groups in total. The molecule has 0 atom stereocenters. The van der Waals surface area contributed by atoms with Crippen LogP contribution in [0.3, 0.4) is 0 Å². The van der Waals surface area contributed by atoms with Crippen molar-refractivity contribution in [2.24, 2.45) is 0 Å². The number of hydrogen-bond acceptors (Lipinski definition) is 3. The Morgan fingerprint density at radius 3 is 2.50 bits per heavy atom. The van der Waals surface area contributed by atoms with E-state index in [-0.39, 0.29) is 0 Å². The lowest BCUT2D eigenvalue weighted by Crippen LogP contribution is -1.93. The van der Waals surface area contributed by atoms with Crippen molar-refractivity contribution in [3.05, 3.63) is 18.5 Å². The van der Waals surface area contributed by atoms with Gasteiger partial charge in [-0.25, -0.2) is 0 Å². The lowest BCUT2D eigenvalue weighted by Gasteiger charge is -2.04. The predicted octanol–water partition coefficient (Wildman–Crippen LogP) is 2.16. The molecule has 1 heterocycles. The number of pyridine rings is 1. The molecular weight excluding hydrogens is 152 g/mol. The van der Waals surface area contributed by atoms with Crippen molar-refractivity contribution in [2.45, 2.75) is 13.8 Å². The van der Waals surface area contributed by atoms with Crippen LogP contribution in [-0.4, -0.2) is 19.1 Å². The maximum Gasteiger partial charge on any atom is 0.145 e. The molecule has 0 saturated heterocycles. The summed E-state index contributed by atoms with van der Waals surface area (Å²) in [5.41, 5.74) is 0.907. The van der Waals surface area contributed by atoms with E-state index in [0.29, 0.717) is 0 Å². The first kappa shape index (κ1) is 10.8. The molecule has 1 aromatic heterocycles. The molecule has 0 radical (unpaired) electrons. The van der Waals surface area contributed by atoms with Crippen molar-refractivity contribution >= 4 is 5.69 Å². The zero-order valence-corrected chi connectivity index (χ0v) is 8.09. The van der Waals surface area contributed by atoms with Gasteiger partial charge in [-0.2, -0.15) is 0 Å². The molecule has 0 aliphatic heterocycles. The van der Waals surface area contributed by atoms with Crippen LogP contribution in [0.2, 0.25) is 0 Å². The molecule has 0 fully saturated rings. The van der Waals surface area contributed by atoms with Crippen molar-refractivity contribution in [1.29, 1.82) is 0 Å². The first-order chi connectivity index (χ1) is 5.88. The number of ether oxygens (including phenoxy) is 1. The topological polar surface area (TPSA) is 34.2 Å². The Balaban J connectivity index is 0.000000561. The van der Waals surface area contributed by atoms with Gasteiger partial charge in [-0.1, -0.05) is 13.8 Å². The van der Waals surface area contributed by atoms with Gasteiger partial charge in [0.05, 0.1) is 19.0 Å². The Bertz CT molecular complexity index is 190. The molecule has 0 aliphatic rings. The van der Waals surface area contributed by atoms with E-state index in [2.05, 4.69) is 10.3 Å². The molecule has 0 unspecified atom stereocenters. The molecule has 12 heavy (non-hydrogen) atoms. The minimum Gasteiger partial charge on any atom is -0.494 e.